The van der Waals surface area contributed by atoms with Crippen LogP contribution in [-0.2, 0) is 5.41 Å². The summed E-state index contributed by atoms with van der Waals surface area (Å²) in [5.41, 5.74) is 10.2. The summed E-state index contributed by atoms with van der Waals surface area (Å²) in [7, 11) is 0. The summed E-state index contributed by atoms with van der Waals surface area (Å²) in [5.74, 6) is 2.79. The SMILES string of the molecule is c1ccc(N(c2ccccc2)c2cc(N(c3ccc(C45CCC6CC[C@H](CC6C4)C5)cc3)c3ccc4ccccc4c3)cc3c2oc2ccccc23)cc1. The molecule has 1 heterocycles. The van der Waals surface area contributed by atoms with Crippen molar-refractivity contribution < 1.29 is 4.42 Å². The molecule has 7 aromatic carbocycles. The maximum Gasteiger partial charge on any atom is 0.159 e. The van der Waals surface area contributed by atoms with Gasteiger partial charge in [0.05, 0.1) is 5.69 Å². The molecule has 11 rings (SSSR count). The van der Waals surface area contributed by atoms with Gasteiger partial charge in [-0.15, -0.1) is 0 Å². The molecule has 3 saturated carbocycles. The summed E-state index contributed by atoms with van der Waals surface area (Å²) in [5, 5.41) is 4.68. The smallest absolute Gasteiger partial charge is 0.159 e. The molecule has 54 heavy (non-hydrogen) atoms. The van der Waals surface area contributed by atoms with Gasteiger partial charge in [-0.1, -0.05) is 103 Å². The number of furan rings is 1. The quantitative estimate of drug-likeness (QED) is 0.165. The number of hydrogen-bond donors (Lipinski definition) is 0. The van der Waals surface area contributed by atoms with E-state index >= 15 is 0 Å². The van der Waals surface area contributed by atoms with Crippen LogP contribution >= 0.6 is 0 Å². The minimum atomic E-state index is 0.338. The Kier molecular flexibility index (Phi) is 7.43. The minimum absolute atomic E-state index is 0.338. The lowest BCUT2D eigenvalue weighted by molar-refractivity contribution is 0.00964. The van der Waals surface area contributed by atoms with Crippen LogP contribution < -0.4 is 9.80 Å². The van der Waals surface area contributed by atoms with E-state index in [0.29, 0.717) is 5.41 Å². The second-order valence-corrected chi connectivity index (χ2v) is 16.3. The fourth-order valence-electron chi connectivity index (χ4n) is 10.8. The van der Waals surface area contributed by atoms with Crippen LogP contribution in [0.3, 0.4) is 0 Å². The number of para-hydroxylation sites is 3. The molecule has 3 bridgehead atoms. The molecule has 264 valence electrons. The van der Waals surface area contributed by atoms with E-state index in [4.69, 9.17) is 4.42 Å². The van der Waals surface area contributed by atoms with Crippen molar-refractivity contribution in [3.8, 4) is 0 Å². The molecular weight excluding hydrogens is 657 g/mol. The number of fused-ring (bicyclic) bond motifs is 6. The summed E-state index contributed by atoms with van der Waals surface area (Å²) in [4.78, 5) is 4.80. The molecule has 3 nitrogen and oxygen atoms in total. The third kappa shape index (κ3) is 5.24. The summed E-state index contributed by atoms with van der Waals surface area (Å²) < 4.78 is 6.79. The highest BCUT2D eigenvalue weighted by Crippen LogP contribution is 2.59. The van der Waals surface area contributed by atoms with Crippen molar-refractivity contribution in [3.63, 3.8) is 0 Å². The molecule has 0 aliphatic heterocycles. The average Bonchev–Trinajstić information content (AvgIpc) is 3.60. The summed E-state index contributed by atoms with van der Waals surface area (Å²) >= 11 is 0. The zero-order chi connectivity index (χ0) is 35.6. The van der Waals surface area contributed by atoms with Gasteiger partial charge >= 0.3 is 0 Å². The Morgan fingerprint density at radius 3 is 1.96 bits per heavy atom. The normalized spacial score (nSPS) is 21.8. The predicted molar refractivity (Wildman–Crippen MR) is 225 cm³/mol. The Balaban J connectivity index is 1.12. The van der Waals surface area contributed by atoms with Crippen LogP contribution in [0, 0.1) is 17.8 Å². The van der Waals surface area contributed by atoms with Gasteiger partial charge in [-0.2, -0.15) is 0 Å². The zero-order valence-corrected chi connectivity index (χ0v) is 30.6. The van der Waals surface area contributed by atoms with Crippen LogP contribution in [0.4, 0.5) is 34.1 Å². The van der Waals surface area contributed by atoms with Crippen LogP contribution in [0.1, 0.15) is 50.5 Å². The van der Waals surface area contributed by atoms with Crippen molar-refractivity contribution in [2.45, 2.75) is 50.4 Å². The lowest BCUT2D eigenvalue weighted by atomic mass is 9.50. The monoisotopic (exact) mass is 700 g/mol. The van der Waals surface area contributed by atoms with Crippen LogP contribution in [-0.4, -0.2) is 0 Å². The van der Waals surface area contributed by atoms with Gasteiger partial charge in [0.1, 0.15) is 5.58 Å². The highest BCUT2D eigenvalue weighted by Gasteiger charge is 2.49. The molecule has 3 aliphatic carbocycles. The van der Waals surface area contributed by atoms with Crippen molar-refractivity contribution in [1.29, 1.82) is 0 Å². The van der Waals surface area contributed by atoms with E-state index in [1.165, 1.54) is 61.4 Å². The van der Waals surface area contributed by atoms with E-state index in [2.05, 4.69) is 174 Å². The van der Waals surface area contributed by atoms with Crippen molar-refractivity contribution in [3.05, 3.63) is 169 Å². The highest BCUT2D eigenvalue weighted by atomic mass is 16.3. The fraction of sp³-hybridized carbons (Fsp3) is 0.216. The maximum atomic E-state index is 6.79. The molecule has 4 atom stereocenters. The fourth-order valence-corrected chi connectivity index (χ4v) is 10.8. The first-order valence-electron chi connectivity index (χ1n) is 19.9. The maximum absolute atomic E-state index is 6.79. The standard InChI is InChI=1S/C51H44N2O/c1-3-13-41(14-4-1)53(42-15-5-2-6-16-42)48-32-45(31-47-46-17-9-10-18-49(46)54-50(47)48)52(44-24-21-36-11-7-8-12-38(36)30-44)43-25-22-40(23-26-43)51-28-27-37-20-19-35(33-51)29-39(37)34-51/h1-18,21-26,30-32,35,37,39H,19-20,27-29,33-34H2/t35-,37?,39?,51?/m1/s1. The van der Waals surface area contributed by atoms with E-state index in [1.807, 2.05) is 0 Å². The predicted octanol–water partition coefficient (Wildman–Crippen LogP) is 14.5. The van der Waals surface area contributed by atoms with E-state index in [0.717, 1.165) is 68.1 Å². The molecule has 8 aromatic rings. The topological polar surface area (TPSA) is 19.6 Å². The molecule has 0 N–H and O–H groups in total. The van der Waals surface area contributed by atoms with Gasteiger partial charge < -0.3 is 14.2 Å². The molecule has 3 heteroatoms. The Hall–Kier alpha value is -5.80. The first-order valence-corrected chi connectivity index (χ1v) is 19.9. The van der Waals surface area contributed by atoms with Gasteiger partial charge in [0.25, 0.3) is 0 Å². The molecule has 0 saturated heterocycles. The number of benzene rings is 7. The first kappa shape index (κ1) is 31.7. The van der Waals surface area contributed by atoms with Crippen LogP contribution in [0.15, 0.2) is 168 Å². The van der Waals surface area contributed by atoms with Gasteiger partial charge in [-0.3, -0.25) is 0 Å². The molecule has 0 radical (unpaired) electrons. The number of rotatable bonds is 7. The number of hydrogen-bond acceptors (Lipinski definition) is 3. The zero-order valence-electron chi connectivity index (χ0n) is 30.6. The second kappa shape index (κ2) is 12.7. The van der Waals surface area contributed by atoms with Crippen molar-refractivity contribution >= 4 is 66.8 Å². The second-order valence-electron chi connectivity index (χ2n) is 16.3. The molecule has 0 amide bonds. The summed E-state index contributed by atoms with van der Waals surface area (Å²) in [6, 6.07) is 59.8. The molecular formula is C51H44N2O. The van der Waals surface area contributed by atoms with Gasteiger partial charge in [-0.25, -0.2) is 0 Å². The van der Waals surface area contributed by atoms with Crippen molar-refractivity contribution in [2.24, 2.45) is 17.8 Å². The lowest BCUT2D eigenvalue weighted by Crippen LogP contribution is -2.46. The van der Waals surface area contributed by atoms with Crippen LogP contribution in [0.25, 0.3) is 32.7 Å². The Morgan fingerprint density at radius 1 is 0.481 bits per heavy atom. The van der Waals surface area contributed by atoms with Crippen LogP contribution in [0.2, 0.25) is 0 Å². The highest BCUT2D eigenvalue weighted by molar-refractivity contribution is 6.12. The van der Waals surface area contributed by atoms with Gasteiger partial charge in [-0.05, 0) is 145 Å². The minimum Gasteiger partial charge on any atom is -0.454 e. The number of nitrogens with zero attached hydrogens (tertiary/aromatic N) is 2. The Morgan fingerprint density at radius 2 is 1.17 bits per heavy atom. The molecule has 3 unspecified atom stereocenters. The lowest BCUT2D eigenvalue weighted by Gasteiger charge is -2.55. The summed E-state index contributed by atoms with van der Waals surface area (Å²) in [6.45, 7) is 0. The van der Waals surface area contributed by atoms with E-state index in [1.54, 1.807) is 5.56 Å². The van der Waals surface area contributed by atoms with Gasteiger partial charge in [0.2, 0.25) is 0 Å². The van der Waals surface area contributed by atoms with Crippen LogP contribution in [0.5, 0.6) is 0 Å². The van der Waals surface area contributed by atoms with E-state index in [-0.39, 0.29) is 0 Å². The molecule has 3 aliphatic rings. The van der Waals surface area contributed by atoms with E-state index in [9.17, 15) is 0 Å². The van der Waals surface area contributed by atoms with E-state index < -0.39 is 0 Å². The average molecular weight is 701 g/mol. The van der Waals surface area contributed by atoms with Gasteiger partial charge in [0.15, 0.2) is 5.58 Å². The Labute approximate surface area is 317 Å². The molecule has 3 fully saturated rings. The largest absolute Gasteiger partial charge is 0.454 e. The number of anilines is 6. The van der Waals surface area contributed by atoms with Crippen molar-refractivity contribution in [2.75, 3.05) is 9.80 Å². The van der Waals surface area contributed by atoms with Gasteiger partial charge in [0, 0.05) is 39.2 Å². The van der Waals surface area contributed by atoms with Crippen molar-refractivity contribution in [1.82, 2.24) is 0 Å². The Bertz CT molecular complexity index is 2580. The third-order valence-corrected chi connectivity index (χ3v) is 13.3. The third-order valence-electron chi connectivity index (χ3n) is 13.3. The first-order chi connectivity index (χ1) is 26.7. The molecule has 0 spiro atoms. The molecule has 1 aromatic heterocycles. The summed E-state index contributed by atoms with van der Waals surface area (Å²) in [6.07, 6.45) is 9.87.